The Morgan fingerprint density at radius 1 is 1.43 bits per heavy atom. The summed E-state index contributed by atoms with van der Waals surface area (Å²) in [7, 11) is 0. The lowest BCUT2D eigenvalue weighted by Crippen LogP contribution is -2.30. The van der Waals surface area contributed by atoms with E-state index in [0.717, 1.165) is 24.7 Å². The van der Waals surface area contributed by atoms with E-state index < -0.39 is 0 Å². The minimum absolute atomic E-state index is 0.495. The van der Waals surface area contributed by atoms with Gasteiger partial charge in [-0.1, -0.05) is 23.2 Å². The Bertz CT molecular complexity index is 331. The highest BCUT2D eigenvalue weighted by Gasteiger charge is 2.19. The lowest BCUT2D eigenvalue weighted by atomic mass is 10.4. The molecular weight excluding hydrogens is 241 g/mol. The van der Waals surface area contributed by atoms with E-state index in [0.29, 0.717) is 15.4 Å². The lowest BCUT2D eigenvalue weighted by Gasteiger charge is -2.25. The number of halogens is 2. The minimum Gasteiger partial charge on any atom is -0.379 e. The van der Waals surface area contributed by atoms with Gasteiger partial charge in [-0.05, 0) is 12.1 Å². The lowest BCUT2D eigenvalue weighted by molar-refractivity contribution is 0.0455. The summed E-state index contributed by atoms with van der Waals surface area (Å²) < 4.78 is 5.08. The molecule has 0 unspecified atom stereocenters. The van der Waals surface area contributed by atoms with E-state index in [-0.39, 0.29) is 0 Å². The van der Waals surface area contributed by atoms with Gasteiger partial charge in [0.05, 0.1) is 29.2 Å². The van der Waals surface area contributed by atoms with Crippen molar-refractivity contribution >= 4 is 35.0 Å². The second-order valence-corrected chi connectivity index (χ2v) is 5.12. The number of ether oxygens (including phenoxy) is 1. The maximum absolute atomic E-state index is 5.98. The second-order valence-electron chi connectivity index (χ2n) is 3.03. The van der Waals surface area contributed by atoms with E-state index in [1.54, 1.807) is 12.1 Å². The smallest absolute Gasteiger partial charge is 0.129 e. The maximum atomic E-state index is 5.98. The van der Waals surface area contributed by atoms with Crippen molar-refractivity contribution in [2.75, 3.05) is 13.2 Å². The van der Waals surface area contributed by atoms with Gasteiger partial charge in [0.1, 0.15) is 5.15 Å². The van der Waals surface area contributed by atoms with E-state index in [1.807, 2.05) is 11.8 Å². The highest BCUT2D eigenvalue weighted by molar-refractivity contribution is 7.99. The molecule has 0 amide bonds. The van der Waals surface area contributed by atoms with E-state index >= 15 is 0 Å². The zero-order valence-electron chi connectivity index (χ0n) is 7.37. The van der Waals surface area contributed by atoms with Crippen LogP contribution in [0.1, 0.15) is 5.69 Å². The molecule has 0 aliphatic carbocycles. The molecule has 2 rings (SSSR count). The zero-order chi connectivity index (χ0) is 9.97. The van der Waals surface area contributed by atoms with Gasteiger partial charge in [-0.25, -0.2) is 4.98 Å². The van der Waals surface area contributed by atoms with E-state index in [2.05, 4.69) is 4.98 Å². The fraction of sp³-hybridized carbons (Fsp3) is 0.444. The van der Waals surface area contributed by atoms with Crippen LogP contribution in [0.2, 0.25) is 10.2 Å². The van der Waals surface area contributed by atoms with Gasteiger partial charge in [0.2, 0.25) is 0 Å². The van der Waals surface area contributed by atoms with Crippen LogP contribution in [0.15, 0.2) is 12.1 Å². The van der Waals surface area contributed by atoms with Crippen molar-refractivity contribution in [2.24, 2.45) is 0 Å². The van der Waals surface area contributed by atoms with Gasteiger partial charge in [0, 0.05) is 5.75 Å². The number of rotatable bonds is 3. The van der Waals surface area contributed by atoms with Crippen LogP contribution < -0.4 is 0 Å². The number of hydrogen-bond donors (Lipinski definition) is 0. The molecule has 0 radical (unpaired) electrons. The first kappa shape index (κ1) is 10.6. The third kappa shape index (κ3) is 2.54. The molecule has 1 aromatic heterocycles. The number of pyridine rings is 1. The normalized spacial score (nSPS) is 16.7. The van der Waals surface area contributed by atoms with Crippen molar-refractivity contribution in [3.63, 3.8) is 0 Å². The van der Waals surface area contributed by atoms with Gasteiger partial charge in [0.25, 0.3) is 0 Å². The van der Waals surface area contributed by atoms with Crippen molar-refractivity contribution in [2.45, 2.75) is 11.0 Å². The first-order chi connectivity index (χ1) is 6.75. The van der Waals surface area contributed by atoms with Gasteiger partial charge >= 0.3 is 0 Å². The van der Waals surface area contributed by atoms with E-state index in [4.69, 9.17) is 27.9 Å². The molecule has 2 heterocycles. The molecular formula is C9H9Cl2NOS. The van der Waals surface area contributed by atoms with Crippen LogP contribution in [0.25, 0.3) is 0 Å². The summed E-state index contributed by atoms with van der Waals surface area (Å²) in [4.78, 5) is 4.17. The Kier molecular flexibility index (Phi) is 3.55. The average Bonchev–Trinajstić information content (AvgIpc) is 2.08. The van der Waals surface area contributed by atoms with Gasteiger partial charge in [0.15, 0.2) is 0 Å². The molecule has 1 aliphatic rings. The van der Waals surface area contributed by atoms with Crippen LogP contribution in [0.4, 0.5) is 0 Å². The Morgan fingerprint density at radius 3 is 2.86 bits per heavy atom. The average molecular weight is 250 g/mol. The molecule has 1 aliphatic heterocycles. The predicted molar refractivity (Wildman–Crippen MR) is 60.2 cm³/mol. The SMILES string of the molecule is Clc1ccc(Cl)c(CSC2COC2)n1. The first-order valence-electron chi connectivity index (χ1n) is 4.26. The number of thioether (sulfide) groups is 1. The van der Waals surface area contributed by atoms with Crippen LogP contribution in [0.5, 0.6) is 0 Å². The second kappa shape index (κ2) is 4.71. The largest absolute Gasteiger partial charge is 0.379 e. The molecule has 1 fully saturated rings. The molecule has 0 bridgehead atoms. The number of hydrogen-bond acceptors (Lipinski definition) is 3. The quantitative estimate of drug-likeness (QED) is 0.770. The van der Waals surface area contributed by atoms with Gasteiger partial charge in [-0.2, -0.15) is 0 Å². The third-order valence-electron chi connectivity index (χ3n) is 1.95. The molecule has 76 valence electrons. The topological polar surface area (TPSA) is 22.1 Å². The van der Waals surface area contributed by atoms with Crippen LogP contribution in [-0.4, -0.2) is 23.4 Å². The minimum atomic E-state index is 0.495. The summed E-state index contributed by atoms with van der Waals surface area (Å²) in [6, 6.07) is 3.48. The molecule has 0 atom stereocenters. The highest BCUT2D eigenvalue weighted by Crippen LogP contribution is 2.26. The zero-order valence-corrected chi connectivity index (χ0v) is 9.70. The summed E-state index contributed by atoms with van der Waals surface area (Å²) in [5.74, 6) is 0.799. The molecule has 14 heavy (non-hydrogen) atoms. The molecule has 1 aromatic rings. The molecule has 1 saturated heterocycles. The Hall–Kier alpha value is 0.0400. The molecule has 0 spiro atoms. The fourth-order valence-electron chi connectivity index (χ4n) is 1.07. The molecule has 5 heteroatoms. The summed E-state index contributed by atoms with van der Waals surface area (Å²) in [5.41, 5.74) is 0.857. The van der Waals surface area contributed by atoms with Crippen molar-refractivity contribution in [3.8, 4) is 0 Å². The van der Waals surface area contributed by atoms with Crippen molar-refractivity contribution in [1.82, 2.24) is 4.98 Å². The summed E-state index contributed by atoms with van der Waals surface area (Å²) >= 11 is 13.6. The molecule has 0 saturated carbocycles. The maximum Gasteiger partial charge on any atom is 0.129 e. The van der Waals surface area contributed by atoms with Gasteiger partial charge in [-0.15, -0.1) is 11.8 Å². The predicted octanol–water partition coefficient (Wildman–Crippen LogP) is 3.02. The van der Waals surface area contributed by atoms with Gasteiger partial charge < -0.3 is 4.74 Å². The summed E-state index contributed by atoms with van der Waals surface area (Å²) in [5, 5.41) is 1.77. The van der Waals surface area contributed by atoms with Crippen molar-refractivity contribution in [1.29, 1.82) is 0 Å². The number of nitrogens with zero attached hydrogens (tertiary/aromatic N) is 1. The van der Waals surface area contributed by atoms with Crippen LogP contribution in [0.3, 0.4) is 0 Å². The molecule has 0 aromatic carbocycles. The first-order valence-corrected chi connectivity index (χ1v) is 6.06. The highest BCUT2D eigenvalue weighted by atomic mass is 35.5. The Balaban J connectivity index is 1.96. The van der Waals surface area contributed by atoms with Crippen molar-refractivity contribution < 1.29 is 4.74 Å². The number of aromatic nitrogens is 1. The fourth-order valence-corrected chi connectivity index (χ4v) is 2.48. The van der Waals surface area contributed by atoms with Crippen LogP contribution >= 0.6 is 35.0 Å². The molecule has 2 nitrogen and oxygen atoms in total. The summed E-state index contributed by atoms with van der Waals surface area (Å²) in [6.45, 7) is 1.67. The van der Waals surface area contributed by atoms with Gasteiger partial charge in [-0.3, -0.25) is 0 Å². The van der Waals surface area contributed by atoms with Crippen LogP contribution in [-0.2, 0) is 10.5 Å². The van der Waals surface area contributed by atoms with E-state index in [1.165, 1.54) is 0 Å². The summed E-state index contributed by atoms with van der Waals surface area (Å²) in [6.07, 6.45) is 0. The Labute approximate surface area is 96.9 Å². The van der Waals surface area contributed by atoms with Crippen molar-refractivity contribution in [3.05, 3.63) is 28.0 Å². The van der Waals surface area contributed by atoms with E-state index in [9.17, 15) is 0 Å². The third-order valence-corrected chi connectivity index (χ3v) is 3.69. The molecule has 0 N–H and O–H groups in total. The monoisotopic (exact) mass is 249 g/mol. The van der Waals surface area contributed by atoms with Crippen LogP contribution in [0, 0.1) is 0 Å². The Morgan fingerprint density at radius 2 is 2.21 bits per heavy atom. The standard InChI is InChI=1S/C9H9Cl2NOS/c10-7-1-2-9(11)12-8(7)5-14-6-3-13-4-6/h1-2,6H,3-5H2.